The molecular weight excluding hydrogens is 268 g/mol. The van der Waals surface area contributed by atoms with Crippen LogP contribution in [0.15, 0.2) is 12.4 Å². The van der Waals surface area contributed by atoms with Crippen molar-refractivity contribution in [1.29, 1.82) is 0 Å². The highest BCUT2D eigenvalue weighted by molar-refractivity contribution is 7.80. The predicted molar refractivity (Wildman–Crippen MR) is 89.0 cm³/mol. The van der Waals surface area contributed by atoms with Crippen molar-refractivity contribution in [2.24, 2.45) is 17.6 Å². The summed E-state index contributed by atoms with van der Waals surface area (Å²) in [5.74, 6) is 2.13. The average molecular weight is 294 g/mol. The average Bonchev–Trinajstić information content (AvgIpc) is 2.38. The molecule has 112 valence electrons. The van der Waals surface area contributed by atoms with Crippen LogP contribution in [0.2, 0.25) is 0 Å². The van der Waals surface area contributed by atoms with Crippen molar-refractivity contribution in [3.63, 3.8) is 0 Å². The molecule has 0 atom stereocenters. The van der Waals surface area contributed by atoms with Gasteiger partial charge in [-0.2, -0.15) is 0 Å². The Bertz CT molecular complexity index is 420. The molecule has 1 heterocycles. The maximum atomic E-state index is 5.77. The van der Waals surface area contributed by atoms with Gasteiger partial charge in [0.05, 0.1) is 0 Å². The summed E-state index contributed by atoms with van der Waals surface area (Å²) in [7, 11) is 0. The van der Waals surface area contributed by atoms with Crippen molar-refractivity contribution in [2.75, 3.05) is 18.0 Å². The zero-order chi connectivity index (χ0) is 15.1. The minimum atomic E-state index is 0.312. The Kier molecular flexibility index (Phi) is 6.85. The number of nitrogens with two attached hydrogens (primary N) is 1. The lowest BCUT2D eigenvalue weighted by Gasteiger charge is -2.26. The number of anilines is 1. The van der Waals surface area contributed by atoms with Crippen LogP contribution in [0.25, 0.3) is 0 Å². The Morgan fingerprint density at radius 1 is 1.10 bits per heavy atom. The molecule has 1 aromatic heterocycles. The van der Waals surface area contributed by atoms with Gasteiger partial charge in [0.15, 0.2) is 5.82 Å². The van der Waals surface area contributed by atoms with Crippen molar-refractivity contribution in [3.8, 4) is 0 Å². The van der Waals surface area contributed by atoms with Gasteiger partial charge in [0.2, 0.25) is 0 Å². The maximum Gasteiger partial charge on any atom is 0.157 e. The second kappa shape index (κ2) is 8.15. The molecule has 4 nitrogen and oxygen atoms in total. The third kappa shape index (κ3) is 5.41. The molecule has 2 N–H and O–H groups in total. The van der Waals surface area contributed by atoms with E-state index in [-0.39, 0.29) is 0 Å². The molecule has 0 radical (unpaired) electrons. The van der Waals surface area contributed by atoms with Gasteiger partial charge in [-0.1, -0.05) is 39.9 Å². The summed E-state index contributed by atoms with van der Waals surface area (Å²) in [4.78, 5) is 11.3. The lowest BCUT2D eigenvalue weighted by molar-refractivity contribution is 0.532. The van der Waals surface area contributed by atoms with E-state index in [9.17, 15) is 0 Å². The Labute approximate surface area is 127 Å². The maximum absolute atomic E-state index is 5.77. The standard InChI is InChI=1S/C15H26N4S/c1-11(2)5-9-19(10-6-12(3)4)15-13(14(16)20)17-7-8-18-15/h7-8,11-12H,5-6,9-10H2,1-4H3,(H2,16,20). The van der Waals surface area contributed by atoms with Crippen molar-refractivity contribution in [1.82, 2.24) is 9.97 Å². The third-order valence-corrected chi connectivity index (χ3v) is 3.36. The Morgan fingerprint density at radius 3 is 2.05 bits per heavy atom. The van der Waals surface area contributed by atoms with Crippen LogP contribution in [0.1, 0.15) is 46.2 Å². The quantitative estimate of drug-likeness (QED) is 0.747. The summed E-state index contributed by atoms with van der Waals surface area (Å²) in [6.45, 7) is 10.8. The van der Waals surface area contributed by atoms with Gasteiger partial charge in [0.25, 0.3) is 0 Å². The molecule has 0 bridgehead atoms. The van der Waals surface area contributed by atoms with E-state index in [1.807, 2.05) is 0 Å². The van der Waals surface area contributed by atoms with Crippen molar-refractivity contribution >= 4 is 23.0 Å². The molecule has 20 heavy (non-hydrogen) atoms. The van der Waals surface area contributed by atoms with Crippen LogP contribution in [0.3, 0.4) is 0 Å². The number of hydrogen-bond acceptors (Lipinski definition) is 4. The summed E-state index contributed by atoms with van der Waals surface area (Å²) in [6, 6.07) is 0. The first-order valence-electron chi connectivity index (χ1n) is 7.27. The molecule has 5 heteroatoms. The number of hydrogen-bond donors (Lipinski definition) is 1. The summed E-state index contributed by atoms with van der Waals surface area (Å²) in [5.41, 5.74) is 6.40. The van der Waals surface area contributed by atoms with Crippen LogP contribution in [0, 0.1) is 11.8 Å². The number of aromatic nitrogens is 2. The fourth-order valence-corrected chi connectivity index (χ4v) is 2.03. The molecule has 0 aliphatic carbocycles. The zero-order valence-electron chi connectivity index (χ0n) is 13.0. The minimum absolute atomic E-state index is 0.312. The van der Waals surface area contributed by atoms with E-state index in [2.05, 4.69) is 42.6 Å². The summed E-state index contributed by atoms with van der Waals surface area (Å²) >= 11 is 5.09. The van der Waals surface area contributed by atoms with Gasteiger partial charge < -0.3 is 10.6 Å². The molecule has 0 saturated carbocycles. The van der Waals surface area contributed by atoms with Crippen molar-refractivity contribution in [2.45, 2.75) is 40.5 Å². The second-order valence-electron chi connectivity index (χ2n) is 5.94. The fraction of sp³-hybridized carbons (Fsp3) is 0.667. The van der Waals surface area contributed by atoms with E-state index < -0.39 is 0 Å². The van der Waals surface area contributed by atoms with E-state index in [4.69, 9.17) is 18.0 Å². The highest BCUT2D eigenvalue weighted by Gasteiger charge is 2.16. The Hall–Kier alpha value is -1.23. The molecular formula is C15H26N4S. The molecule has 0 aliphatic heterocycles. The predicted octanol–water partition coefficient (Wildman–Crippen LogP) is 3.01. The second-order valence-corrected chi connectivity index (χ2v) is 6.38. The molecule has 1 rings (SSSR count). The van der Waals surface area contributed by atoms with Crippen LogP contribution in [0.5, 0.6) is 0 Å². The van der Waals surface area contributed by atoms with E-state index >= 15 is 0 Å². The van der Waals surface area contributed by atoms with Crippen molar-refractivity contribution < 1.29 is 0 Å². The smallest absolute Gasteiger partial charge is 0.157 e. The van der Waals surface area contributed by atoms with Crippen LogP contribution in [-0.2, 0) is 0 Å². The third-order valence-electron chi connectivity index (χ3n) is 3.16. The molecule has 0 saturated heterocycles. The summed E-state index contributed by atoms with van der Waals surface area (Å²) in [5, 5.41) is 0. The first kappa shape index (κ1) is 16.8. The van der Waals surface area contributed by atoms with Gasteiger partial charge in [-0.05, 0) is 24.7 Å². The van der Waals surface area contributed by atoms with Crippen LogP contribution in [0.4, 0.5) is 5.82 Å². The van der Waals surface area contributed by atoms with Crippen LogP contribution in [-0.4, -0.2) is 28.0 Å². The van der Waals surface area contributed by atoms with Crippen molar-refractivity contribution in [3.05, 3.63) is 18.1 Å². The van der Waals surface area contributed by atoms with Gasteiger partial charge in [0, 0.05) is 25.5 Å². The normalized spacial score (nSPS) is 11.1. The molecule has 0 aliphatic rings. The first-order chi connectivity index (χ1) is 9.41. The minimum Gasteiger partial charge on any atom is -0.388 e. The molecule has 0 amide bonds. The number of thiocarbonyl (C=S) groups is 1. The zero-order valence-corrected chi connectivity index (χ0v) is 13.8. The van der Waals surface area contributed by atoms with Gasteiger partial charge >= 0.3 is 0 Å². The highest BCUT2D eigenvalue weighted by Crippen LogP contribution is 2.18. The molecule has 0 aromatic carbocycles. The number of nitrogens with zero attached hydrogens (tertiary/aromatic N) is 3. The van der Waals surface area contributed by atoms with Gasteiger partial charge in [-0.25, -0.2) is 9.97 Å². The van der Waals surface area contributed by atoms with Gasteiger partial charge in [0.1, 0.15) is 10.7 Å². The van der Waals surface area contributed by atoms with E-state index in [1.165, 1.54) is 0 Å². The van der Waals surface area contributed by atoms with Crippen LogP contribution >= 0.6 is 12.2 Å². The molecule has 0 fully saturated rings. The lowest BCUT2D eigenvalue weighted by atomic mass is 10.1. The van der Waals surface area contributed by atoms with Gasteiger partial charge in [-0.3, -0.25) is 0 Å². The fourth-order valence-electron chi connectivity index (χ4n) is 1.89. The molecule has 0 unspecified atom stereocenters. The van der Waals surface area contributed by atoms with E-state index in [0.29, 0.717) is 22.5 Å². The largest absolute Gasteiger partial charge is 0.388 e. The Morgan fingerprint density at radius 2 is 1.60 bits per heavy atom. The first-order valence-corrected chi connectivity index (χ1v) is 7.68. The molecule has 1 aromatic rings. The molecule has 0 spiro atoms. The lowest BCUT2D eigenvalue weighted by Crippen LogP contribution is -2.31. The Balaban J connectivity index is 2.93. The van der Waals surface area contributed by atoms with Gasteiger partial charge in [-0.15, -0.1) is 0 Å². The SMILES string of the molecule is CC(C)CCN(CCC(C)C)c1nccnc1C(N)=S. The van der Waals surface area contributed by atoms with E-state index in [0.717, 1.165) is 31.7 Å². The monoisotopic (exact) mass is 294 g/mol. The van der Waals surface area contributed by atoms with E-state index in [1.54, 1.807) is 12.4 Å². The highest BCUT2D eigenvalue weighted by atomic mass is 32.1. The number of rotatable bonds is 8. The summed E-state index contributed by atoms with van der Waals surface area (Å²) in [6.07, 6.45) is 5.58. The topological polar surface area (TPSA) is 55.0 Å². The van der Waals surface area contributed by atoms with Crippen LogP contribution < -0.4 is 10.6 Å². The summed E-state index contributed by atoms with van der Waals surface area (Å²) < 4.78 is 0.